The number of carbonyl (C=O) groups is 1. The lowest BCUT2D eigenvalue weighted by Gasteiger charge is -2.48. The molecule has 2 saturated heterocycles. The van der Waals surface area contributed by atoms with Crippen LogP contribution in [0, 0.1) is 0 Å². The van der Waals surface area contributed by atoms with Gasteiger partial charge in [-0.15, -0.1) is 4.33 Å². The van der Waals surface area contributed by atoms with E-state index in [0.29, 0.717) is 0 Å². The van der Waals surface area contributed by atoms with Crippen LogP contribution in [-0.2, 0) is 90.3 Å². The van der Waals surface area contributed by atoms with Crippen LogP contribution in [-0.4, -0.2) is 143 Å². The van der Waals surface area contributed by atoms with Crippen molar-refractivity contribution in [3.8, 4) is 0 Å². The van der Waals surface area contributed by atoms with E-state index in [1.165, 1.54) is 7.11 Å². The molecule has 0 bridgehead atoms. The molecule has 24 heteroatoms. The summed E-state index contributed by atoms with van der Waals surface area (Å²) in [6.45, 7) is -0.285. The van der Waals surface area contributed by atoms with Crippen LogP contribution in [0.2, 0.25) is 0 Å². The number of hydrogen-bond donors (Lipinski definition) is 0. The number of hydrogen-bond acceptors (Lipinski definition) is 22. The number of methoxy groups -OCH3 is 5. The maximum absolute atomic E-state index is 12.7. The average Bonchev–Trinajstić information content (AvgIpc) is 2.91. The first-order valence-corrected chi connectivity index (χ1v) is 14.7. The van der Waals surface area contributed by atoms with Crippen molar-refractivity contribution in [3.63, 3.8) is 0 Å². The summed E-state index contributed by atoms with van der Waals surface area (Å²) >= 11 is 0.0989. The highest BCUT2D eigenvalue weighted by Crippen LogP contribution is 2.36. The fraction of sp³-hybridized carbons (Fsp3) is 0.944. The van der Waals surface area contributed by atoms with Crippen LogP contribution in [0.25, 0.3) is 0 Å². The molecular weight excluding hydrogens is 648 g/mol. The topological polar surface area (TPSA) is 261 Å². The Kier molecular flexibility index (Phi) is 15.1. The van der Waals surface area contributed by atoms with Gasteiger partial charge in [-0.1, -0.05) is 5.04 Å². The Hall–Kier alpha value is -0.880. The molecule has 0 aromatic heterocycles. The van der Waals surface area contributed by atoms with E-state index in [1.54, 1.807) is 0 Å². The molecule has 0 aromatic carbocycles. The monoisotopic (exact) mass is 678 g/mol. The average molecular weight is 679 g/mol. The lowest BCUT2D eigenvalue weighted by molar-refractivity contribution is -0.450. The fourth-order valence-electron chi connectivity index (χ4n) is 4.13. The first-order valence-electron chi connectivity index (χ1n) is 11.3. The van der Waals surface area contributed by atoms with Gasteiger partial charge in [-0.3, -0.25) is 12.5 Å². The van der Waals surface area contributed by atoms with E-state index in [0.717, 1.165) is 35.5 Å². The van der Waals surface area contributed by atoms with Crippen molar-refractivity contribution < 1.29 is 95.4 Å². The van der Waals surface area contributed by atoms with Crippen LogP contribution >= 0.6 is 12.3 Å². The van der Waals surface area contributed by atoms with Gasteiger partial charge in [0.05, 0.1) is 20.8 Å². The molecule has 2 rings (SSSR count). The highest BCUT2D eigenvalue weighted by atomic mass is 32.3. The van der Waals surface area contributed by atoms with Crippen LogP contribution in [0.5, 0.6) is 0 Å². The predicted octanol–water partition coefficient (Wildman–Crippen LogP) is -2.53. The van der Waals surface area contributed by atoms with E-state index in [4.69, 9.17) is 42.1 Å². The molecule has 2 aliphatic rings. The van der Waals surface area contributed by atoms with Crippen molar-refractivity contribution >= 4 is 39.1 Å². The largest absolute Gasteiger partial charge is 0.726 e. The summed E-state index contributed by atoms with van der Waals surface area (Å²) in [6.07, 6.45) is -16.7. The molecular formula is C18H30O21S3-2. The van der Waals surface area contributed by atoms with Crippen molar-refractivity contribution in [1.29, 1.82) is 0 Å². The predicted molar refractivity (Wildman–Crippen MR) is 125 cm³/mol. The van der Waals surface area contributed by atoms with Crippen molar-refractivity contribution in [2.75, 3.05) is 49.3 Å². The normalized spacial score (nSPS) is 34.3. The molecule has 0 aliphatic carbocycles. The van der Waals surface area contributed by atoms with Gasteiger partial charge in [-0.25, -0.2) is 26.5 Å². The van der Waals surface area contributed by atoms with Gasteiger partial charge in [0.2, 0.25) is 20.8 Å². The summed E-state index contributed by atoms with van der Waals surface area (Å²) in [7, 11) is -4.29. The summed E-state index contributed by atoms with van der Waals surface area (Å²) in [5.74, 6) is -1.10. The first-order chi connectivity index (χ1) is 19.7. The van der Waals surface area contributed by atoms with E-state index >= 15 is 0 Å². The quantitative estimate of drug-likeness (QED) is 0.0292. The smallest absolute Gasteiger partial charge is 0.338 e. The Labute approximate surface area is 245 Å². The third kappa shape index (κ3) is 10.3. The van der Waals surface area contributed by atoms with Gasteiger partial charge in [-0.05, 0) is 0 Å². The highest BCUT2D eigenvalue weighted by molar-refractivity contribution is 7.89. The van der Waals surface area contributed by atoms with Gasteiger partial charge in [0, 0.05) is 28.4 Å². The van der Waals surface area contributed by atoms with Crippen LogP contribution in [0.3, 0.4) is 0 Å². The standard InChI is InChI=1S/C18H32O21S3/c1-26-7-8-9(10(27-2)14(17(30-5)32-8)36-41(20,21)22)33-18-15(37-42(23,24)25)11(28-3)12(35-40-39-38-31-6)13(34-18)16(19)29-4/h8-15,17-18H,7H2,1-6H3,(H,20,21,22)(H,23,24,25)/p-2/t8?,9-,10?,11?,12+,13?,14?,15+,17+,18-/m1/s1. The second-order valence-electron chi connectivity index (χ2n) is 8.05. The summed E-state index contributed by atoms with van der Waals surface area (Å²) in [4.78, 5) is 16.9. The minimum absolute atomic E-state index is 0.0989. The molecule has 0 amide bonds. The van der Waals surface area contributed by atoms with Gasteiger partial charge in [0.1, 0.15) is 30.5 Å². The molecule has 2 fully saturated rings. The molecule has 248 valence electrons. The minimum Gasteiger partial charge on any atom is -0.726 e. The molecule has 0 radical (unpaired) electrons. The summed E-state index contributed by atoms with van der Waals surface area (Å²) < 4.78 is 131. The minimum atomic E-state index is -5.52. The second-order valence-corrected chi connectivity index (χ2v) is 10.5. The summed E-state index contributed by atoms with van der Waals surface area (Å²) in [5, 5.41) is 4.18. The zero-order chi connectivity index (χ0) is 31.7. The van der Waals surface area contributed by atoms with E-state index in [-0.39, 0.29) is 18.9 Å². The van der Waals surface area contributed by atoms with Crippen molar-refractivity contribution in [1.82, 2.24) is 0 Å². The highest BCUT2D eigenvalue weighted by Gasteiger charge is 2.56. The Morgan fingerprint density at radius 3 is 1.81 bits per heavy atom. The maximum atomic E-state index is 12.7. The third-order valence-corrected chi connectivity index (χ3v) is 6.98. The number of rotatable bonds is 17. The molecule has 0 aromatic rings. The van der Waals surface area contributed by atoms with Gasteiger partial charge < -0.3 is 47.0 Å². The van der Waals surface area contributed by atoms with E-state index < -0.39 is 88.2 Å². The van der Waals surface area contributed by atoms with Gasteiger partial charge in [0.25, 0.3) is 0 Å². The van der Waals surface area contributed by atoms with Crippen LogP contribution in [0.4, 0.5) is 0 Å². The lowest BCUT2D eigenvalue weighted by Crippen LogP contribution is -2.66. The molecule has 10 atom stereocenters. The Morgan fingerprint density at radius 1 is 0.762 bits per heavy atom. The van der Waals surface area contributed by atoms with Crippen molar-refractivity contribution in [2.45, 2.75) is 61.4 Å². The van der Waals surface area contributed by atoms with E-state index in [9.17, 15) is 30.7 Å². The molecule has 0 saturated carbocycles. The number of carbonyl (C=O) groups excluding carboxylic acids is 1. The zero-order valence-corrected chi connectivity index (χ0v) is 25.2. The first kappa shape index (κ1) is 37.3. The third-order valence-electron chi connectivity index (χ3n) is 5.65. The Bertz CT molecular complexity index is 1040. The maximum Gasteiger partial charge on any atom is 0.338 e. The van der Waals surface area contributed by atoms with Gasteiger partial charge >= 0.3 is 5.97 Å². The lowest BCUT2D eigenvalue weighted by atomic mass is 9.96. The van der Waals surface area contributed by atoms with Crippen LogP contribution in [0.15, 0.2) is 0 Å². The molecule has 2 aliphatic heterocycles. The van der Waals surface area contributed by atoms with Gasteiger partial charge in [0.15, 0.2) is 43.2 Å². The zero-order valence-electron chi connectivity index (χ0n) is 22.8. The molecule has 2 heterocycles. The number of esters is 1. The number of ether oxygens (including phenoxy) is 8. The summed E-state index contributed by atoms with van der Waals surface area (Å²) in [5.41, 5.74) is 0. The second kappa shape index (κ2) is 17.0. The molecule has 0 N–H and O–H groups in total. The van der Waals surface area contributed by atoms with Gasteiger partial charge in [-0.2, -0.15) is 0 Å². The van der Waals surface area contributed by atoms with Crippen molar-refractivity contribution in [2.24, 2.45) is 0 Å². The summed E-state index contributed by atoms with van der Waals surface area (Å²) in [6, 6.07) is 0. The fourth-order valence-corrected chi connectivity index (χ4v) is 5.49. The molecule has 5 unspecified atom stereocenters. The van der Waals surface area contributed by atoms with E-state index in [1.807, 2.05) is 0 Å². The molecule has 0 spiro atoms. The van der Waals surface area contributed by atoms with Crippen LogP contribution < -0.4 is 0 Å². The van der Waals surface area contributed by atoms with Crippen molar-refractivity contribution in [3.05, 3.63) is 0 Å². The van der Waals surface area contributed by atoms with E-state index in [2.05, 4.69) is 22.6 Å². The van der Waals surface area contributed by atoms with Crippen LogP contribution in [0.1, 0.15) is 0 Å². The molecule has 21 nitrogen and oxygen atoms in total. The SMILES string of the molecule is COCC1O[C@H](OC)C(OS(=O)(=O)[O-])C(OC)[C@@H]1O[C@@H]1OC(C(=O)OC)[C@@H](OSOOOC)C(OC)[C@@H]1OS(=O)(=O)[O-]. The molecule has 42 heavy (non-hydrogen) atoms. The Morgan fingerprint density at radius 2 is 1.33 bits per heavy atom. The Balaban J connectivity index is 2.56.